The number of ether oxygens (including phenoxy) is 1. The van der Waals surface area contributed by atoms with E-state index in [1.807, 2.05) is 20.8 Å². The Morgan fingerprint density at radius 2 is 1.69 bits per heavy atom. The molecule has 0 bridgehead atoms. The highest BCUT2D eigenvalue weighted by molar-refractivity contribution is 5.75. The first-order chi connectivity index (χ1) is 5.91. The second kappa shape index (κ2) is 5.22. The van der Waals surface area contributed by atoms with Crippen molar-refractivity contribution in [3.63, 3.8) is 0 Å². The first-order valence-electron chi connectivity index (χ1n) is 4.81. The smallest absolute Gasteiger partial charge is 0.312 e. The van der Waals surface area contributed by atoms with Gasteiger partial charge in [-0.1, -0.05) is 13.8 Å². The van der Waals surface area contributed by atoms with Crippen molar-refractivity contribution in [3.05, 3.63) is 0 Å². The van der Waals surface area contributed by atoms with Crippen LogP contribution in [0.4, 0.5) is 0 Å². The molecule has 0 radical (unpaired) electrons. The fourth-order valence-corrected chi connectivity index (χ4v) is 0.773. The van der Waals surface area contributed by atoms with E-state index >= 15 is 0 Å². The van der Waals surface area contributed by atoms with Crippen LogP contribution in [0.15, 0.2) is 0 Å². The number of carbonyl (C=O) groups is 1. The van der Waals surface area contributed by atoms with Crippen molar-refractivity contribution >= 4 is 5.97 Å². The third-order valence-corrected chi connectivity index (χ3v) is 1.89. The first-order valence-corrected chi connectivity index (χ1v) is 4.81. The van der Waals surface area contributed by atoms with E-state index in [9.17, 15) is 4.79 Å². The standard InChI is InChI=1S/C10H21NO2/c1-6-11(7-2)8-13-9(12)10(3,4)5/h6-8H2,1-5H3. The van der Waals surface area contributed by atoms with Gasteiger partial charge in [-0.05, 0) is 33.9 Å². The molecule has 0 aliphatic heterocycles. The number of hydrogen-bond donors (Lipinski definition) is 0. The maximum atomic E-state index is 11.4. The van der Waals surface area contributed by atoms with Crippen molar-refractivity contribution in [1.82, 2.24) is 4.90 Å². The van der Waals surface area contributed by atoms with E-state index in [1.165, 1.54) is 0 Å². The lowest BCUT2D eigenvalue weighted by molar-refractivity contribution is -0.157. The lowest BCUT2D eigenvalue weighted by Gasteiger charge is -2.21. The van der Waals surface area contributed by atoms with Gasteiger partial charge in [0.2, 0.25) is 0 Å². The Bertz CT molecular complexity index is 157. The molecule has 3 heteroatoms. The van der Waals surface area contributed by atoms with Crippen LogP contribution < -0.4 is 0 Å². The maximum absolute atomic E-state index is 11.4. The van der Waals surface area contributed by atoms with Crippen molar-refractivity contribution in [1.29, 1.82) is 0 Å². The average Bonchev–Trinajstić information content (AvgIpc) is 2.04. The second-order valence-electron chi connectivity index (χ2n) is 4.11. The van der Waals surface area contributed by atoms with Gasteiger partial charge in [-0.3, -0.25) is 9.69 Å². The first kappa shape index (κ1) is 12.4. The largest absolute Gasteiger partial charge is 0.449 e. The number of hydrogen-bond acceptors (Lipinski definition) is 3. The van der Waals surface area contributed by atoms with Gasteiger partial charge < -0.3 is 4.74 Å². The summed E-state index contributed by atoms with van der Waals surface area (Å²) in [7, 11) is 0. The maximum Gasteiger partial charge on any atom is 0.312 e. The molecule has 0 atom stereocenters. The molecule has 13 heavy (non-hydrogen) atoms. The van der Waals surface area contributed by atoms with E-state index in [4.69, 9.17) is 4.74 Å². The van der Waals surface area contributed by atoms with E-state index in [-0.39, 0.29) is 5.97 Å². The van der Waals surface area contributed by atoms with Gasteiger partial charge in [-0.25, -0.2) is 0 Å². The average molecular weight is 187 g/mol. The molecular formula is C10H21NO2. The molecule has 0 aromatic heterocycles. The fourth-order valence-electron chi connectivity index (χ4n) is 0.773. The van der Waals surface area contributed by atoms with E-state index in [2.05, 4.69) is 18.7 Å². The summed E-state index contributed by atoms with van der Waals surface area (Å²) in [5.41, 5.74) is -0.396. The molecule has 0 aromatic rings. The van der Waals surface area contributed by atoms with Crippen molar-refractivity contribution in [2.24, 2.45) is 5.41 Å². The highest BCUT2D eigenvalue weighted by Crippen LogP contribution is 2.14. The Morgan fingerprint density at radius 3 is 2.00 bits per heavy atom. The number of rotatable bonds is 4. The molecule has 0 spiro atoms. The molecular weight excluding hydrogens is 166 g/mol. The van der Waals surface area contributed by atoms with E-state index in [1.54, 1.807) is 0 Å². The zero-order valence-electron chi connectivity index (χ0n) is 9.39. The van der Waals surface area contributed by atoms with Crippen molar-refractivity contribution < 1.29 is 9.53 Å². The molecule has 0 amide bonds. The highest BCUT2D eigenvalue weighted by atomic mass is 16.5. The van der Waals surface area contributed by atoms with Gasteiger partial charge in [-0.2, -0.15) is 0 Å². The summed E-state index contributed by atoms with van der Waals surface area (Å²) in [4.78, 5) is 13.4. The Kier molecular flexibility index (Phi) is 4.99. The molecule has 78 valence electrons. The van der Waals surface area contributed by atoms with Gasteiger partial charge >= 0.3 is 5.97 Å². The molecule has 0 aliphatic rings. The normalized spacial score (nSPS) is 11.8. The number of esters is 1. The van der Waals surface area contributed by atoms with E-state index in [0.717, 1.165) is 13.1 Å². The van der Waals surface area contributed by atoms with Crippen LogP contribution in [0.3, 0.4) is 0 Å². The lowest BCUT2D eigenvalue weighted by atomic mass is 9.98. The molecule has 0 N–H and O–H groups in total. The monoisotopic (exact) mass is 187 g/mol. The van der Waals surface area contributed by atoms with Crippen LogP contribution in [0.5, 0.6) is 0 Å². The predicted molar refractivity (Wildman–Crippen MR) is 53.3 cm³/mol. The highest BCUT2D eigenvalue weighted by Gasteiger charge is 2.23. The van der Waals surface area contributed by atoms with Crippen LogP contribution in [-0.2, 0) is 9.53 Å². The van der Waals surface area contributed by atoms with Crippen molar-refractivity contribution in [2.45, 2.75) is 34.6 Å². The topological polar surface area (TPSA) is 29.5 Å². The van der Waals surface area contributed by atoms with Gasteiger partial charge in [0.25, 0.3) is 0 Å². The summed E-state index contributed by atoms with van der Waals surface area (Å²) in [5.74, 6) is -0.139. The summed E-state index contributed by atoms with van der Waals surface area (Å²) in [6, 6.07) is 0. The predicted octanol–water partition coefficient (Wildman–Crippen LogP) is 1.87. The van der Waals surface area contributed by atoms with Crippen LogP contribution in [0.2, 0.25) is 0 Å². The SMILES string of the molecule is CCN(CC)COC(=O)C(C)(C)C. The van der Waals surface area contributed by atoms with Crippen LogP contribution in [0, 0.1) is 5.41 Å². The van der Waals surface area contributed by atoms with E-state index < -0.39 is 5.41 Å². The Hall–Kier alpha value is -0.570. The van der Waals surface area contributed by atoms with Crippen molar-refractivity contribution in [2.75, 3.05) is 19.8 Å². The van der Waals surface area contributed by atoms with E-state index in [0.29, 0.717) is 6.73 Å². The fraction of sp³-hybridized carbons (Fsp3) is 0.900. The molecule has 0 rings (SSSR count). The minimum atomic E-state index is -0.396. The van der Waals surface area contributed by atoms with Gasteiger partial charge in [-0.15, -0.1) is 0 Å². The molecule has 3 nitrogen and oxygen atoms in total. The summed E-state index contributed by atoms with van der Waals surface area (Å²) in [6.45, 7) is 11.9. The van der Waals surface area contributed by atoms with Crippen LogP contribution in [-0.4, -0.2) is 30.7 Å². The van der Waals surface area contributed by atoms with Gasteiger partial charge in [0.15, 0.2) is 0 Å². The molecule has 0 unspecified atom stereocenters. The van der Waals surface area contributed by atoms with Crippen LogP contribution in [0.1, 0.15) is 34.6 Å². The molecule has 0 fully saturated rings. The van der Waals surface area contributed by atoms with Crippen molar-refractivity contribution in [3.8, 4) is 0 Å². The Morgan fingerprint density at radius 1 is 1.23 bits per heavy atom. The summed E-state index contributed by atoms with van der Waals surface area (Å²) in [6.07, 6.45) is 0. The van der Waals surface area contributed by atoms with Gasteiger partial charge in [0.1, 0.15) is 6.73 Å². The minimum Gasteiger partial charge on any atom is -0.449 e. The number of carbonyl (C=O) groups excluding carboxylic acids is 1. The van der Waals surface area contributed by atoms with Crippen LogP contribution >= 0.6 is 0 Å². The molecule has 0 aliphatic carbocycles. The molecule has 0 saturated heterocycles. The third kappa shape index (κ3) is 4.88. The summed E-state index contributed by atoms with van der Waals surface area (Å²) in [5, 5.41) is 0. The van der Waals surface area contributed by atoms with Gasteiger partial charge in [0, 0.05) is 0 Å². The third-order valence-electron chi connectivity index (χ3n) is 1.89. The Balaban J connectivity index is 3.82. The molecule has 0 saturated carbocycles. The van der Waals surface area contributed by atoms with Gasteiger partial charge in [0.05, 0.1) is 5.41 Å². The van der Waals surface area contributed by atoms with Crippen LogP contribution in [0.25, 0.3) is 0 Å². The quantitative estimate of drug-likeness (QED) is 0.497. The number of nitrogens with zero attached hydrogens (tertiary/aromatic N) is 1. The molecule has 0 aromatic carbocycles. The minimum absolute atomic E-state index is 0.139. The zero-order valence-corrected chi connectivity index (χ0v) is 9.39. The lowest BCUT2D eigenvalue weighted by Crippen LogP contribution is -2.31. The summed E-state index contributed by atoms with van der Waals surface area (Å²) < 4.78 is 5.14. The Labute approximate surface area is 81.1 Å². The zero-order chi connectivity index (χ0) is 10.5. The summed E-state index contributed by atoms with van der Waals surface area (Å²) >= 11 is 0. The molecule has 0 heterocycles. The second-order valence-corrected chi connectivity index (χ2v) is 4.11.